The number of carbonyl (C=O) groups excluding carboxylic acids is 1. The summed E-state index contributed by atoms with van der Waals surface area (Å²) in [6.45, 7) is 0.858. The van der Waals surface area contributed by atoms with Gasteiger partial charge in [0.2, 0.25) is 0 Å². The van der Waals surface area contributed by atoms with Crippen molar-refractivity contribution in [1.82, 2.24) is 9.97 Å². The van der Waals surface area contributed by atoms with Crippen molar-refractivity contribution in [1.29, 1.82) is 0 Å². The van der Waals surface area contributed by atoms with Crippen LogP contribution in [0.1, 0.15) is 24.1 Å². The van der Waals surface area contributed by atoms with Gasteiger partial charge in [-0.15, -0.1) is 0 Å². The monoisotopic (exact) mass is 415 g/mol. The van der Waals surface area contributed by atoms with Crippen molar-refractivity contribution in [2.45, 2.75) is 24.3 Å². The zero-order valence-corrected chi connectivity index (χ0v) is 15.7. The zero-order chi connectivity index (χ0) is 19.3. The van der Waals surface area contributed by atoms with Crippen molar-refractivity contribution in [3.8, 4) is 11.4 Å². The number of halogens is 3. The fourth-order valence-corrected chi connectivity index (χ4v) is 5.02. The highest BCUT2D eigenvalue weighted by molar-refractivity contribution is 8.23. The summed E-state index contributed by atoms with van der Waals surface area (Å²) in [5, 5.41) is -0.346. The van der Waals surface area contributed by atoms with Gasteiger partial charge in [-0.05, 0) is 12.1 Å². The van der Waals surface area contributed by atoms with Crippen LogP contribution in [0.15, 0.2) is 12.1 Å². The van der Waals surface area contributed by atoms with Crippen molar-refractivity contribution in [3.05, 3.63) is 40.0 Å². The quantitative estimate of drug-likeness (QED) is 0.721. The van der Waals surface area contributed by atoms with Gasteiger partial charge in [-0.25, -0.2) is 18.7 Å². The third-order valence-corrected chi connectivity index (χ3v) is 6.46. The fraction of sp³-hybridized carbons (Fsp3) is 0.353. The molecule has 2 aromatic rings. The van der Waals surface area contributed by atoms with E-state index in [-0.39, 0.29) is 33.7 Å². The Hall–Kier alpha value is -1.81. The second-order valence-electron chi connectivity index (χ2n) is 6.66. The molecule has 0 unspecified atom stereocenters. The average molecular weight is 416 g/mol. The largest absolute Gasteiger partial charge is 0.355 e. The lowest BCUT2D eigenvalue weighted by Gasteiger charge is -2.29. The number of hydrogen-bond acceptors (Lipinski definition) is 6. The first-order chi connectivity index (χ1) is 12.7. The molecule has 1 fully saturated rings. The summed E-state index contributed by atoms with van der Waals surface area (Å²) in [6, 6.07) is 1.78. The number of fused-ring (bicyclic) bond motifs is 1. The number of carbonyl (C=O) groups is 1. The van der Waals surface area contributed by atoms with Gasteiger partial charge >= 0.3 is 0 Å². The molecule has 2 aliphatic rings. The predicted molar refractivity (Wildman–Crippen MR) is 99.1 cm³/mol. The smallest absolute Gasteiger partial charge is 0.164 e. The van der Waals surface area contributed by atoms with Gasteiger partial charge in [-0.1, -0.05) is 11.6 Å². The number of aromatic nitrogens is 2. The van der Waals surface area contributed by atoms with E-state index >= 15 is 0 Å². The van der Waals surface area contributed by atoms with Crippen LogP contribution in [0.25, 0.3) is 11.4 Å². The number of benzene rings is 1. The van der Waals surface area contributed by atoms with Crippen LogP contribution in [-0.2, 0) is 16.3 Å². The van der Waals surface area contributed by atoms with Crippen molar-refractivity contribution >= 4 is 33.8 Å². The van der Waals surface area contributed by atoms with Crippen LogP contribution in [0.5, 0.6) is 0 Å². The molecule has 3 heterocycles. The van der Waals surface area contributed by atoms with E-state index in [0.29, 0.717) is 43.0 Å². The van der Waals surface area contributed by atoms with E-state index in [9.17, 15) is 22.7 Å². The Morgan fingerprint density at radius 3 is 2.48 bits per heavy atom. The van der Waals surface area contributed by atoms with E-state index < -0.39 is 22.2 Å². The summed E-state index contributed by atoms with van der Waals surface area (Å²) in [6.07, 6.45) is 0.711. The van der Waals surface area contributed by atoms with Crippen molar-refractivity contribution in [2.24, 2.45) is 0 Å². The van der Waals surface area contributed by atoms with Crippen LogP contribution >= 0.6 is 22.2 Å². The van der Waals surface area contributed by atoms with E-state index in [2.05, 4.69) is 9.97 Å². The summed E-state index contributed by atoms with van der Waals surface area (Å²) in [7, 11) is -2.89. The minimum Gasteiger partial charge on any atom is -0.355 e. The molecule has 2 aliphatic heterocycles. The molecule has 0 bridgehead atoms. The van der Waals surface area contributed by atoms with E-state index in [1.54, 1.807) is 0 Å². The molecular formula is C17H16ClF2N3O3S. The van der Waals surface area contributed by atoms with Gasteiger partial charge in [-0.3, -0.25) is 13.9 Å². The lowest BCUT2D eigenvalue weighted by Crippen LogP contribution is -2.35. The lowest BCUT2D eigenvalue weighted by molar-refractivity contribution is -0.119. The number of hydrogen-bond donors (Lipinski definition) is 2. The maximum absolute atomic E-state index is 14.4. The summed E-state index contributed by atoms with van der Waals surface area (Å²) in [4.78, 5) is 22.1. The highest BCUT2D eigenvalue weighted by Crippen LogP contribution is 2.54. The Bertz CT molecular complexity index is 948. The minimum absolute atomic E-state index is 0.0137. The van der Waals surface area contributed by atoms with Crippen LogP contribution in [0, 0.1) is 11.6 Å². The highest BCUT2D eigenvalue weighted by atomic mass is 35.5. The van der Waals surface area contributed by atoms with Gasteiger partial charge in [0.1, 0.15) is 23.2 Å². The summed E-state index contributed by atoms with van der Waals surface area (Å²) < 4.78 is 48.5. The SMILES string of the molecule is O=C1CCN(c2nc(-c3cc(F)c(Cl)cc3F)nc3c2CS(O)(O)C3)CC1. The molecule has 0 atom stereocenters. The lowest BCUT2D eigenvalue weighted by atomic mass is 10.1. The minimum atomic E-state index is -2.89. The summed E-state index contributed by atoms with van der Waals surface area (Å²) in [5.74, 6) is -1.08. The van der Waals surface area contributed by atoms with Gasteiger partial charge < -0.3 is 4.90 Å². The molecule has 0 saturated carbocycles. The zero-order valence-electron chi connectivity index (χ0n) is 14.1. The molecular weight excluding hydrogens is 400 g/mol. The Morgan fingerprint density at radius 1 is 1.07 bits per heavy atom. The molecule has 27 heavy (non-hydrogen) atoms. The highest BCUT2D eigenvalue weighted by Gasteiger charge is 2.33. The molecule has 1 aromatic heterocycles. The Labute approximate surface area is 160 Å². The number of anilines is 1. The van der Waals surface area contributed by atoms with Crippen LogP contribution in [0.4, 0.5) is 14.6 Å². The second kappa shape index (κ2) is 6.66. The van der Waals surface area contributed by atoms with Crippen LogP contribution in [0.2, 0.25) is 5.02 Å². The Morgan fingerprint density at radius 2 is 1.78 bits per heavy atom. The number of Topliss-reactive ketones (excluding diaryl/α,β-unsaturated/α-hetero) is 1. The molecule has 10 heteroatoms. The number of ketones is 1. The first-order valence-corrected chi connectivity index (χ1v) is 10.5. The molecule has 0 radical (unpaired) electrons. The summed E-state index contributed by atoms with van der Waals surface area (Å²) >= 11 is 5.61. The molecule has 1 saturated heterocycles. The number of piperidine rings is 1. The predicted octanol–water partition coefficient (Wildman–Crippen LogP) is 4.01. The Kier molecular flexibility index (Phi) is 4.58. The van der Waals surface area contributed by atoms with E-state index in [1.165, 1.54) is 0 Å². The van der Waals surface area contributed by atoms with Crippen LogP contribution in [0.3, 0.4) is 0 Å². The molecule has 1 aromatic carbocycles. The first kappa shape index (κ1) is 18.5. The van der Waals surface area contributed by atoms with Crippen LogP contribution in [-0.4, -0.2) is 37.9 Å². The van der Waals surface area contributed by atoms with Gasteiger partial charge in [0.25, 0.3) is 0 Å². The van der Waals surface area contributed by atoms with Gasteiger partial charge in [0, 0.05) is 31.5 Å². The molecule has 0 spiro atoms. The maximum atomic E-state index is 14.4. The maximum Gasteiger partial charge on any atom is 0.164 e. The Balaban J connectivity index is 1.84. The van der Waals surface area contributed by atoms with Gasteiger partial charge in [0.15, 0.2) is 5.82 Å². The van der Waals surface area contributed by atoms with Crippen LogP contribution < -0.4 is 4.90 Å². The second-order valence-corrected chi connectivity index (χ2v) is 9.25. The molecule has 144 valence electrons. The van der Waals surface area contributed by atoms with Gasteiger partial charge in [0.05, 0.1) is 27.8 Å². The standard InChI is InChI=1S/C17H16ClF2N3O3S/c18-12-6-13(19)10(5-14(12)20)16-21-15-8-27(25,26)7-11(15)17(22-16)23-3-1-9(24)2-4-23/h5-6,25-26H,1-4,7-8H2. The number of rotatable bonds is 2. The van der Waals surface area contributed by atoms with E-state index in [4.69, 9.17) is 11.6 Å². The molecule has 6 nitrogen and oxygen atoms in total. The van der Waals surface area contributed by atoms with Gasteiger partial charge in [-0.2, -0.15) is 10.6 Å². The number of nitrogens with zero attached hydrogens (tertiary/aromatic N) is 3. The van der Waals surface area contributed by atoms with Crippen molar-refractivity contribution < 1.29 is 22.7 Å². The normalized spacial score (nSPS) is 19.9. The topological polar surface area (TPSA) is 86.6 Å². The third-order valence-electron chi connectivity index (χ3n) is 4.69. The third kappa shape index (κ3) is 3.52. The molecule has 0 amide bonds. The van der Waals surface area contributed by atoms with E-state index in [0.717, 1.165) is 12.1 Å². The molecule has 4 rings (SSSR count). The molecule has 0 aliphatic carbocycles. The first-order valence-electron chi connectivity index (χ1n) is 8.28. The van der Waals surface area contributed by atoms with Crippen molar-refractivity contribution in [3.63, 3.8) is 0 Å². The van der Waals surface area contributed by atoms with Crippen molar-refractivity contribution in [2.75, 3.05) is 18.0 Å². The molecule has 2 N–H and O–H groups in total. The average Bonchev–Trinajstić information content (AvgIpc) is 2.92. The fourth-order valence-electron chi connectivity index (χ4n) is 3.33. The van der Waals surface area contributed by atoms with E-state index in [1.807, 2.05) is 4.90 Å². The summed E-state index contributed by atoms with van der Waals surface area (Å²) in [5.41, 5.74) is 0.835.